The van der Waals surface area contributed by atoms with Crippen LogP contribution < -0.4 is 0 Å². The van der Waals surface area contributed by atoms with Gasteiger partial charge in [0, 0.05) is 12.3 Å². The number of halogens is 2. The summed E-state index contributed by atoms with van der Waals surface area (Å²) in [6.07, 6.45) is -0.504. The van der Waals surface area contributed by atoms with Gasteiger partial charge in [0.05, 0.1) is 12.8 Å². The Morgan fingerprint density at radius 3 is 2.43 bits per heavy atom. The van der Waals surface area contributed by atoms with Crippen molar-refractivity contribution in [3.05, 3.63) is 0 Å². The molecule has 0 saturated heterocycles. The Morgan fingerprint density at radius 2 is 2.29 bits per heavy atom. The average Bonchev–Trinajstić information content (AvgIpc) is 1.68. The van der Waals surface area contributed by atoms with Gasteiger partial charge in [-0.25, -0.2) is 0 Å². The third kappa shape index (κ3) is 4.02. The summed E-state index contributed by atoms with van der Waals surface area (Å²) < 4.78 is 11.2. The van der Waals surface area contributed by atoms with E-state index in [1.807, 2.05) is 0 Å². The quantitative estimate of drug-likeness (QED) is 0.559. The minimum atomic E-state index is -0.660. The predicted molar refractivity (Wildman–Crippen MR) is 27.3 cm³/mol. The predicted octanol–water partition coefficient (Wildman–Crippen LogP) is 0.946. The third-order valence-corrected chi connectivity index (χ3v) is 0.977. The van der Waals surface area contributed by atoms with Crippen molar-refractivity contribution in [2.45, 2.75) is 12.5 Å². The van der Waals surface area contributed by atoms with Crippen LogP contribution in [0.2, 0.25) is 0 Å². The molecule has 1 N–H and O–H groups in total. The highest BCUT2D eigenvalue weighted by Gasteiger charge is 1.97. The van der Waals surface area contributed by atoms with Crippen LogP contribution in [-0.2, 0) is 0 Å². The van der Waals surface area contributed by atoms with Crippen molar-refractivity contribution in [1.82, 2.24) is 0 Å². The van der Waals surface area contributed by atoms with E-state index in [1.165, 1.54) is 0 Å². The van der Waals surface area contributed by atoms with Crippen molar-refractivity contribution < 1.29 is 9.50 Å². The van der Waals surface area contributed by atoms with Crippen molar-refractivity contribution >= 4 is 11.6 Å². The number of hydrogen-bond donors (Lipinski definition) is 1. The molecule has 7 heavy (non-hydrogen) atoms. The fourth-order valence-corrected chi connectivity index (χ4v) is 0.357. The van der Waals surface area contributed by atoms with Gasteiger partial charge in [0.25, 0.3) is 0 Å². The Balaban J connectivity index is 2.83. The molecule has 0 aliphatic carbocycles. The molecular weight excluding hydrogens is 118 g/mol. The first-order valence-electron chi connectivity index (χ1n) is 2.11. The first kappa shape index (κ1) is 7.18. The lowest BCUT2D eigenvalue weighted by molar-refractivity contribution is 0.175. The van der Waals surface area contributed by atoms with Gasteiger partial charge >= 0.3 is 0 Å². The third-order valence-electron chi connectivity index (χ3n) is 0.620. The van der Waals surface area contributed by atoms with E-state index in [2.05, 4.69) is 0 Å². The van der Waals surface area contributed by atoms with Crippen molar-refractivity contribution in [2.24, 2.45) is 0 Å². The van der Waals surface area contributed by atoms with Crippen LogP contribution in [0.5, 0.6) is 0 Å². The summed E-state index contributed by atoms with van der Waals surface area (Å²) in [4.78, 5) is 0. The van der Waals surface area contributed by atoms with Crippen LogP contribution in [0.25, 0.3) is 0 Å². The number of hydrogen-bond acceptors (Lipinski definition) is 1. The Hall–Kier alpha value is 0.180. The Kier molecular flexibility index (Phi) is 4.45. The van der Waals surface area contributed by atoms with E-state index in [1.54, 1.807) is 0 Å². The molecule has 3 heteroatoms. The zero-order valence-electron chi connectivity index (χ0n) is 3.90. The molecule has 1 atom stereocenters. The van der Waals surface area contributed by atoms with Gasteiger partial charge in [-0.15, -0.1) is 11.6 Å². The molecule has 0 aromatic heterocycles. The Labute approximate surface area is 47.1 Å². The van der Waals surface area contributed by atoms with E-state index in [0.29, 0.717) is 0 Å². The molecule has 0 aromatic carbocycles. The van der Waals surface area contributed by atoms with E-state index in [-0.39, 0.29) is 12.3 Å². The molecular formula is C4H8ClFO. The molecule has 0 aromatic rings. The standard InChI is InChI=1S/C4H8ClFO/c5-3-4(7)1-2-6/h4,7H,1-3H2. The lowest BCUT2D eigenvalue weighted by atomic mass is 10.3. The van der Waals surface area contributed by atoms with Crippen LogP contribution >= 0.6 is 11.6 Å². The van der Waals surface area contributed by atoms with Gasteiger partial charge in [-0.3, -0.25) is 4.39 Å². The molecule has 0 heterocycles. The Morgan fingerprint density at radius 1 is 1.71 bits per heavy atom. The van der Waals surface area contributed by atoms with Gasteiger partial charge in [-0.1, -0.05) is 0 Å². The van der Waals surface area contributed by atoms with Crippen LogP contribution in [0.3, 0.4) is 0 Å². The number of alkyl halides is 2. The number of aliphatic hydroxyl groups is 1. The minimum Gasteiger partial charge on any atom is -0.392 e. The molecule has 0 aliphatic heterocycles. The second-order valence-electron chi connectivity index (χ2n) is 1.29. The maximum atomic E-state index is 11.2. The summed E-state index contributed by atoms with van der Waals surface area (Å²) in [6, 6.07) is 0. The van der Waals surface area contributed by atoms with Crippen LogP contribution in [0.4, 0.5) is 4.39 Å². The first-order valence-corrected chi connectivity index (χ1v) is 2.64. The lowest BCUT2D eigenvalue weighted by Crippen LogP contribution is -2.07. The molecule has 0 bridgehead atoms. The van der Waals surface area contributed by atoms with E-state index < -0.39 is 12.8 Å². The molecule has 0 spiro atoms. The van der Waals surface area contributed by atoms with Crippen LogP contribution in [0.15, 0.2) is 0 Å². The van der Waals surface area contributed by atoms with Gasteiger partial charge in [0.15, 0.2) is 0 Å². The van der Waals surface area contributed by atoms with Gasteiger partial charge in [0.1, 0.15) is 0 Å². The van der Waals surface area contributed by atoms with E-state index in [4.69, 9.17) is 16.7 Å². The topological polar surface area (TPSA) is 20.2 Å². The SMILES string of the molecule is OC(CCl)CCF. The minimum absolute atomic E-state index is 0.129. The summed E-state index contributed by atoms with van der Waals surface area (Å²) in [6.45, 7) is -0.492. The Bertz CT molecular complexity index is 42.7. The first-order chi connectivity index (χ1) is 3.31. The van der Waals surface area contributed by atoms with Crippen molar-refractivity contribution in [2.75, 3.05) is 12.6 Å². The normalized spacial score (nSPS) is 14.1. The highest BCUT2D eigenvalue weighted by Crippen LogP contribution is 1.93. The molecule has 0 rings (SSSR count). The second kappa shape index (κ2) is 4.34. The fraction of sp³-hybridized carbons (Fsp3) is 1.00. The zero-order chi connectivity index (χ0) is 5.70. The summed E-state index contributed by atoms with van der Waals surface area (Å²) >= 11 is 5.11. The zero-order valence-corrected chi connectivity index (χ0v) is 4.66. The van der Waals surface area contributed by atoms with Gasteiger partial charge in [-0.2, -0.15) is 0 Å². The van der Waals surface area contributed by atoms with Crippen molar-refractivity contribution in [3.63, 3.8) is 0 Å². The molecule has 0 fully saturated rings. The van der Waals surface area contributed by atoms with E-state index >= 15 is 0 Å². The average molecular weight is 127 g/mol. The van der Waals surface area contributed by atoms with Gasteiger partial charge in [-0.05, 0) is 0 Å². The van der Waals surface area contributed by atoms with Gasteiger partial charge in [0.2, 0.25) is 0 Å². The molecule has 0 saturated carbocycles. The lowest BCUT2D eigenvalue weighted by Gasteiger charge is -1.98. The smallest absolute Gasteiger partial charge is 0.0919 e. The molecule has 0 amide bonds. The van der Waals surface area contributed by atoms with Crippen LogP contribution in [0, 0.1) is 0 Å². The summed E-state index contributed by atoms with van der Waals surface area (Å²) in [5, 5.41) is 8.49. The summed E-state index contributed by atoms with van der Waals surface area (Å²) in [7, 11) is 0. The molecule has 0 radical (unpaired) electrons. The van der Waals surface area contributed by atoms with E-state index in [9.17, 15) is 4.39 Å². The monoisotopic (exact) mass is 126 g/mol. The fourth-order valence-electron chi connectivity index (χ4n) is 0.203. The molecule has 0 aliphatic rings. The molecule has 1 unspecified atom stereocenters. The second-order valence-corrected chi connectivity index (χ2v) is 1.59. The highest BCUT2D eigenvalue weighted by atomic mass is 35.5. The van der Waals surface area contributed by atoms with Gasteiger partial charge < -0.3 is 5.11 Å². The van der Waals surface area contributed by atoms with Crippen LogP contribution in [-0.4, -0.2) is 23.8 Å². The van der Waals surface area contributed by atoms with E-state index in [0.717, 1.165) is 0 Å². The van der Waals surface area contributed by atoms with Crippen molar-refractivity contribution in [1.29, 1.82) is 0 Å². The molecule has 1 nitrogen and oxygen atoms in total. The summed E-state index contributed by atoms with van der Waals surface area (Å²) in [5.41, 5.74) is 0. The molecule has 44 valence electrons. The van der Waals surface area contributed by atoms with Crippen LogP contribution in [0.1, 0.15) is 6.42 Å². The summed E-state index contributed by atoms with van der Waals surface area (Å²) in [5.74, 6) is 0.129. The number of aliphatic hydroxyl groups excluding tert-OH is 1. The number of rotatable bonds is 3. The maximum Gasteiger partial charge on any atom is 0.0919 e. The maximum absolute atomic E-state index is 11.2. The largest absolute Gasteiger partial charge is 0.392 e. The highest BCUT2D eigenvalue weighted by molar-refractivity contribution is 6.18. The van der Waals surface area contributed by atoms with Crippen molar-refractivity contribution in [3.8, 4) is 0 Å².